The largest absolute Gasteiger partial charge is 0.384 e. The zero-order valence-corrected chi connectivity index (χ0v) is 10.9. The van der Waals surface area contributed by atoms with Crippen LogP contribution < -0.4 is 11.5 Å². The maximum Gasteiger partial charge on any atom is 0.224 e. The van der Waals surface area contributed by atoms with Crippen molar-refractivity contribution in [3.8, 4) is 0 Å². The quantitative estimate of drug-likeness (QED) is 0.556. The summed E-state index contributed by atoms with van der Waals surface area (Å²) in [6.45, 7) is 1.71. The Labute approximate surface area is 113 Å². The number of likely N-dealkylation sites (tertiary alicyclic amines) is 1. The predicted octanol–water partition coefficient (Wildman–Crippen LogP) is 0.983. The average Bonchev–Trinajstić information content (AvgIpc) is 2.92. The van der Waals surface area contributed by atoms with Crippen molar-refractivity contribution in [1.29, 1.82) is 5.41 Å². The molecule has 0 spiro atoms. The minimum absolute atomic E-state index is 0.0354. The smallest absolute Gasteiger partial charge is 0.224 e. The molecule has 1 fully saturated rings. The van der Waals surface area contributed by atoms with Crippen molar-refractivity contribution in [1.82, 2.24) is 4.90 Å². The Balaban J connectivity index is 1.97. The third-order valence-corrected chi connectivity index (χ3v) is 3.50. The molecule has 19 heavy (non-hydrogen) atoms. The Kier molecular flexibility index (Phi) is 4.16. The van der Waals surface area contributed by atoms with Crippen LogP contribution >= 0.6 is 0 Å². The van der Waals surface area contributed by atoms with Crippen LogP contribution in [0.1, 0.15) is 36.4 Å². The first kappa shape index (κ1) is 13.5. The second kappa shape index (κ2) is 5.84. The van der Waals surface area contributed by atoms with Crippen LogP contribution in [0.5, 0.6) is 0 Å². The highest BCUT2D eigenvalue weighted by atomic mass is 16.2. The van der Waals surface area contributed by atoms with Gasteiger partial charge >= 0.3 is 0 Å². The van der Waals surface area contributed by atoms with Gasteiger partial charge in [0.05, 0.1) is 0 Å². The maximum absolute atomic E-state index is 12.0. The number of hydrogen-bond donors (Lipinski definition) is 3. The number of benzene rings is 1. The fourth-order valence-corrected chi connectivity index (χ4v) is 2.31. The Morgan fingerprint density at radius 1 is 1.26 bits per heavy atom. The Hall–Kier alpha value is -1.88. The molecule has 1 atom stereocenters. The van der Waals surface area contributed by atoms with E-state index in [0.717, 1.165) is 31.5 Å². The molecule has 5 heteroatoms. The normalized spacial score (nSPS) is 16.4. The molecule has 2 rings (SSSR count). The highest BCUT2D eigenvalue weighted by Crippen LogP contribution is 2.18. The van der Waals surface area contributed by atoms with Crippen molar-refractivity contribution in [2.24, 2.45) is 11.5 Å². The van der Waals surface area contributed by atoms with Crippen molar-refractivity contribution in [3.63, 3.8) is 0 Å². The monoisotopic (exact) mass is 260 g/mol. The van der Waals surface area contributed by atoms with Crippen molar-refractivity contribution in [2.45, 2.75) is 25.3 Å². The van der Waals surface area contributed by atoms with Gasteiger partial charge in [0, 0.05) is 31.1 Å². The number of hydrogen-bond acceptors (Lipinski definition) is 3. The molecule has 1 aromatic rings. The van der Waals surface area contributed by atoms with Gasteiger partial charge in [-0.05, 0) is 18.4 Å². The Bertz CT molecular complexity index is 463. The summed E-state index contributed by atoms with van der Waals surface area (Å²) in [5, 5.41) is 7.33. The van der Waals surface area contributed by atoms with Gasteiger partial charge < -0.3 is 16.4 Å². The lowest BCUT2D eigenvalue weighted by Gasteiger charge is -2.18. The molecule has 0 aliphatic carbocycles. The summed E-state index contributed by atoms with van der Waals surface area (Å²) in [5.41, 5.74) is 13.0. The van der Waals surface area contributed by atoms with E-state index < -0.39 is 0 Å². The van der Waals surface area contributed by atoms with Crippen LogP contribution in [0.3, 0.4) is 0 Å². The van der Waals surface area contributed by atoms with E-state index in [4.69, 9.17) is 16.9 Å². The number of rotatable bonds is 4. The van der Waals surface area contributed by atoms with Crippen LogP contribution in [0.2, 0.25) is 0 Å². The summed E-state index contributed by atoms with van der Waals surface area (Å²) in [6.07, 6.45) is 2.52. The molecule has 1 aromatic carbocycles. The molecule has 1 saturated heterocycles. The van der Waals surface area contributed by atoms with Crippen molar-refractivity contribution in [3.05, 3.63) is 35.4 Å². The summed E-state index contributed by atoms with van der Waals surface area (Å²) >= 11 is 0. The number of carbonyl (C=O) groups is 1. The number of nitrogens with zero attached hydrogens (tertiary/aromatic N) is 1. The molecule has 1 unspecified atom stereocenters. The summed E-state index contributed by atoms with van der Waals surface area (Å²) < 4.78 is 0. The molecule has 0 aromatic heterocycles. The predicted molar refractivity (Wildman–Crippen MR) is 74.8 cm³/mol. The van der Waals surface area contributed by atoms with Crippen LogP contribution in [-0.4, -0.2) is 29.7 Å². The first-order valence-corrected chi connectivity index (χ1v) is 6.55. The number of amidine groups is 1. The minimum Gasteiger partial charge on any atom is -0.384 e. The molecule has 5 N–H and O–H groups in total. The van der Waals surface area contributed by atoms with E-state index in [9.17, 15) is 4.79 Å². The van der Waals surface area contributed by atoms with Crippen LogP contribution in [0.15, 0.2) is 24.3 Å². The molecule has 102 valence electrons. The van der Waals surface area contributed by atoms with Gasteiger partial charge in [0.2, 0.25) is 5.91 Å². The Morgan fingerprint density at radius 3 is 2.37 bits per heavy atom. The molecule has 5 nitrogen and oxygen atoms in total. The first-order valence-electron chi connectivity index (χ1n) is 6.55. The molecule has 1 aliphatic rings. The lowest BCUT2D eigenvalue weighted by atomic mass is 10.0. The highest BCUT2D eigenvalue weighted by molar-refractivity contribution is 5.94. The van der Waals surface area contributed by atoms with E-state index >= 15 is 0 Å². The second-order valence-corrected chi connectivity index (χ2v) is 4.93. The molecule has 1 heterocycles. The highest BCUT2D eigenvalue weighted by Gasteiger charge is 2.20. The Morgan fingerprint density at radius 2 is 1.84 bits per heavy atom. The number of carbonyl (C=O) groups excluding carboxylic acids is 1. The lowest BCUT2D eigenvalue weighted by Crippen LogP contribution is -2.30. The van der Waals surface area contributed by atoms with Gasteiger partial charge in [-0.1, -0.05) is 24.3 Å². The SMILES string of the molecule is N=C(N)c1ccc(C(N)CC(=O)N2CCCC2)cc1. The molecular weight excluding hydrogens is 240 g/mol. The van der Waals surface area contributed by atoms with E-state index in [1.165, 1.54) is 0 Å². The van der Waals surface area contributed by atoms with Gasteiger partial charge in [-0.3, -0.25) is 10.2 Å². The summed E-state index contributed by atoms with van der Waals surface area (Å²) in [6, 6.07) is 6.89. The van der Waals surface area contributed by atoms with Gasteiger partial charge in [0.25, 0.3) is 0 Å². The summed E-state index contributed by atoms with van der Waals surface area (Å²) in [7, 11) is 0. The van der Waals surface area contributed by atoms with Crippen LogP contribution in [-0.2, 0) is 4.79 Å². The third-order valence-electron chi connectivity index (χ3n) is 3.50. The number of nitrogens with two attached hydrogens (primary N) is 2. The average molecular weight is 260 g/mol. The lowest BCUT2D eigenvalue weighted by molar-refractivity contribution is -0.130. The molecule has 0 saturated carbocycles. The molecule has 1 aliphatic heterocycles. The molecule has 0 radical (unpaired) electrons. The van der Waals surface area contributed by atoms with Gasteiger partial charge in [0.15, 0.2) is 0 Å². The van der Waals surface area contributed by atoms with Crippen LogP contribution in [0.4, 0.5) is 0 Å². The fraction of sp³-hybridized carbons (Fsp3) is 0.429. The number of nitrogen functional groups attached to an aromatic ring is 1. The van der Waals surface area contributed by atoms with Crippen molar-refractivity contribution in [2.75, 3.05) is 13.1 Å². The van der Waals surface area contributed by atoms with E-state index in [1.807, 2.05) is 17.0 Å². The minimum atomic E-state index is -0.297. The molecule has 0 bridgehead atoms. The number of nitrogens with one attached hydrogen (secondary N) is 1. The zero-order chi connectivity index (χ0) is 13.8. The van der Waals surface area contributed by atoms with E-state index in [0.29, 0.717) is 12.0 Å². The van der Waals surface area contributed by atoms with Gasteiger partial charge in [-0.2, -0.15) is 0 Å². The third kappa shape index (κ3) is 3.32. The van der Waals surface area contributed by atoms with E-state index in [2.05, 4.69) is 0 Å². The van der Waals surface area contributed by atoms with Crippen LogP contribution in [0.25, 0.3) is 0 Å². The maximum atomic E-state index is 12.0. The van der Waals surface area contributed by atoms with Crippen molar-refractivity contribution >= 4 is 11.7 Å². The van der Waals surface area contributed by atoms with Gasteiger partial charge in [0.1, 0.15) is 5.84 Å². The van der Waals surface area contributed by atoms with Crippen molar-refractivity contribution < 1.29 is 4.79 Å². The summed E-state index contributed by atoms with van der Waals surface area (Å²) in [4.78, 5) is 13.9. The topological polar surface area (TPSA) is 96.2 Å². The molecular formula is C14H20N4O. The molecule has 1 amide bonds. The van der Waals surface area contributed by atoms with Gasteiger partial charge in [-0.15, -0.1) is 0 Å². The van der Waals surface area contributed by atoms with E-state index in [-0.39, 0.29) is 17.8 Å². The number of amides is 1. The zero-order valence-electron chi connectivity index (χ0n) is 10.9. The first-order chi connectivity index (χ1) is 9.08. The standard InChI is InChI=1S/C14H20N4O/c15-12(9-13(19)18-7-1-2-8-18)10-3-5-11(6-4-10)14(16)17/h3-6,12H,1-2,7-9,15H2,(H3,16,17). The van der Waals surface area contributed by atoms with E-state index in [1.54, 1.807) is 12.1 Å². The van der Waals surface area contributed by atoms with Gasteiger partial charge in [-0.25, -0.2) is 0 Å². The van der Waals surface area contributed by atoms with Crippen LogP contribution in [0, 0.1) is 5.41 Å². The second-order valence-electron chi connectivity index (χ2n) is 4.93. The fourth-order valence-electron chi connectivity index (χ4n) is 2.31. The summed E-state index contributed by atoms with van der Waals surface area (Å²) in [5.74, 6) is 0.161.